The Balaban J connectivity index is 1.43. The van der Waals surface area contributed by atoms with Crippen LogP contribution in [0.2, 0.25) is 0 Å². The lowest BCUT2D eigenvalue weighted by molar-refractivity contribution is -0.137. The Morgan fingerprint density at radius 2 is 1.77 bits per heavy atom. The summed E-state index contributed by atoms with van der Waals surface area (Å²) in [7, 11) is 0. The van der Waals surface area contributed by atoms with Crippen molar-refractivity contribution in [3.8, 4) is 34.7 Å². The van der Waals surface area contributed by atoms with Gasteiger partial charge in [-0.25, -0.2) is 9.50 Å². The highest BCUT2D eigenvalue weighted by Gasteiger charge is 2.13. The van der Waals surface area contributed by atoms with E-state index in [-0.39, 0.29) is 24.7 Å². The molecule has 0 spiro atoms. The highest BCUT2D eigenvalue weighted by atomic mass is 19.3. The molecule has 0 aliphatic heterocycles. The van der Waals surface area contributed by atoms with Gasteiger partial charge >= 0.3 is 12.6 Å². The fraction of sp³-hybridized carbons (Fsp3) is 0.192. The Kier molecular flexibility index (Phi) is 7.21. The zero-order valence-corrected chi connectivity index (χ0v) is 18.7. The number of pyridine rings is 1. The summed E-state index contributed by atoms with van der Waals surface area (Å²) >= 11 is 0. The molecule has 0 aliphatic carbocycles. The van der Waals surface area contributed by atoms with Crippen LogP contribution in [0, 0.1) is 11.8 Å². The molecule has 1 unspecified atom stereocenters. The summed E-state index contributed by atoms with van der Waals surface area (Å²) in [5.41, 5.74) is 2.98. The van der Waals surface area contributed by atoms with Crippen LogP contribution in [0.25, 0.3) is 17.0 Å². The number of aliphatic carboxylic acids is 1. The van der Waals surface area contributed by atoms with E-state index in [9.17, 15) is 13.6 Å². The molecule has 0 saturated carbocycles. The summed E-state index contributed by atoms with van der Waals surface area (Å²) in [6, 6.07) is 17.0. The van der Waals surface area contributed by atoms with Gasteiger partial charge in [-0.2, -0.15) is 8.78 Å². The van der Waals surface area contributed by atoms with Crippen molar-refractivity contribution < 1.29 is 28.2 Å². The Hall–Kier alpha value is -4.45. The Morgan fingerprint density at radius 1 is 1.06 bits per heavy atom. The molecule has 0 aliphatic rings. The minimum Gasteiger partial charge on any atom is -0.489 e. The van der Waals surface area contributed by atoms with Crippen molar-refractivity contribution in [1.82, 2.24) is 14.6 Å². The number of ether oxygens (including phenoxy) is 2. The lowest BCUT2D eigenvalue weighted by Gasteiger charge is -2.11. The fourth-order valence-corrected chi connectivity index (χ4v) is 3.48. The first-order chi connectivity index (χ1) is 16.9. The van der Waals surface area contributed by atoms with Crippen LogP contribution in [-0.4, -0.2) is 32.3 Å². The molecule has 0 saturated heterocycles. The van der Waals surface area contributed by atoms with Gasteiger partial charge in [-0.1, -0.05) is 24.1 Å². The van der Waals surface area contributed by atoms with E-state index in [1.54, 1.807) is 41.9 Å². The third-order valence-electron chi connectivity index (χ3n) is 5.12. The molecule has 35 heavy (non-hydrogen) atoms. The lowest BCUT2D eigenvalue weighted by atomic mass is 9.96. The van der Waals surface area contributed by atoms with Gasteiger partial charge in [0, 0.05) is 17.3 Å². The summed E-state index contributed by atoms with van der Waals surface area (Å²) in [6.45, 7) is -0.905. The monoisotopic (exact) mass is 477 g/mol. The van der Waals surface area contributed by atoms with Gasteiger partial charge in [0.15, 0.2) is 11.5 Å². The second-order valence-electron chi connectivity index (χ2n) is 7.58. The van der Waals surface area contributed by atoms with E-state index in [4.69, 9.17) is 9.84 Å². The molecule has 1 atom stereocenters. The summed E-state index contributed by atoms with van der Waals surface area (Å²) in [5.74, 6) is 5.58. The first-order valence-electron chi connectivity index (χ1n) is 10.7. The topological polar surface area (TPSA) is 86.0 Å². The molecule has 2 aromatic carbocycles. The molecular weight excluding hydrogens is 456 g/mol. The Morgan fingerprint density at radius 3 is 2.43 bits per heavy atom. The lowest BCUT2D eigenvalue weighted by Crippen LogP contribution is -2.04. The molecule has 4 rings (SSSR count). The number of aromatic nitrogens is 3. The third-order valence-corrected chi connectivity index (χ3v) is 5.12. The van der Waals surface area contributed by atoms with E-state index in [2.05, 4.69) is 26.7 Å². The van der Waals surface area contributed by atoms with Gasteiger partial charge in [0.25, 0.3) is 0 Å². The van der Waals surface area contributed by atoms with E-state index in [0.717, 1.165) is 11.1 Å². The van der Waals surface area contributed by atoms with Crippen molar-refractivity contribution in [3.63, 3.8) is 0 Å². The zero-order chi connectivity index (χ0) is 24.8. The smallest absolute Gasteiger partial charge is 0.387 e. The number of benzene rings is 2. The average Bonchev–Trinajstić information content (AvgIpc) is 3.26. The molecule has 9 heteroatoms. The molecule has 178 valence electrons. The molecule has 0 radical (unpaired) electrons. The first kappa shape index (κ1) is 23.7. The maximum atomic E-state index is 12.3. The quantitative estimate of drug-likeness (QED) is 0.335. The SMILES string of the molecule is CC#CC(CC(=O)O)c1ccc(OCc2ccc3nc(-c4ccc(OC(F)F)cc4)nn3c2)cc1. The Labute approximate surface area is 200 Å². The number of fused-ring (bicyclic) bond motifs is 1. The molecule has 7 nitrogen and oxygen atoms in total. The van der Waals surface area contributed by atoms with E-state index in [1.165, 1.54) is 12.1 Å². The summed E-state index contributed by atoms with van der Waals surface area (Å²) < 4.78 is 36.5. The highest BCUT2D eigenvalue weighted by molar-refractivity contribution is 5.69. The predicted octanol–water partition coefficient (Wildman–Crippen LogP) is 5.16. The van der Waals surface area contributed by atoms with Gasteiger partial charge in [-0.15, -0.1) is 11.0 Å². The fourth-order valence-electron chi connectivity index (χ4n) is 3.48. The number of carboxylic acids is 1. The van der Waals surface area contributed by atoms with Gasteiger partial charge in [-0.05, 0) is 55.0 Å². The predicted molar refractivity (Wildman–Crippen MR) is 124 cm³/mol. The highest BCUT2D eigenvalue weighted by Crippen LogP contribution is 2.24. The third kappa shape index (κ3) is 6.12. The molecule has 1 N–H and O–H groups in total. The molecule has 2 aromatic heterocycles. The average molecular weight is 477 g/mol. The normalized spacial score (nSPS) is 11.7. The standard InChI is InChI=1S/C26H21F2N3O4/c1-2-3-20(14-24(32)33)18-5-9-21(10-6-18)34-16-17-4-13-23-29-25(30-31(23)15-17)19-7-11-22(12-8-19)35-26(27)28/h4-13,15,20,26H,14,16H2,1H3,(H,32,33). The number of carbonyl (C=O) groups is 1. The van der Waals surface area contributed by atoms with Crippen molar-refractivity contribution in [1.29, 1.82) is 0 Å². The van der Waals surface area contributed by atoms with Gasteiger partial charge in [0.05, 0.1) is 12.3 Å². The zero-order valence-electron chi connectivity index (χ0n) is 18.7. The van der Waals surface area contributed by atoms with Crippen LogP contribution in [-0.2, 0) is 11.4 Å². The molecule has 0 bridgehead atoms. The van der Waals surface area contributed by atoms with E-state index in [0.29, 0.717) is 22.8 Å². The van der Waals surface area contributed by atoms with Gasteiger partial charge in [-0.3, -0.25) is 4.79 Å². The minimum atomic E-state index is -2.88. The van der Waals surface area contributed by atoms with Crippen LogP contribution in [0.3, 0.4) is 0 Å². The molecule has 0 amide bonds. The van der Waals surface area contributed by atoms with Crippen molar-refractivity contribution in [2.24, 2.45) is 0 Å². The first-order valence-corrected chi connectivity index (χ1v) is 10.7. The van der Waals surface area contributed by atoms with E-state index in [1.807, 2.05) is 24.3 Å². The number of carboxylic acid groups (broad SMARTS) is 1. The number of alkyl halides is 2. The number of hydrogen-bond donors (Lipinski definition) is 1. The minimum absolute atomic E-state index is 0.0609. The maximum absolute atomic E-state index is 12.3. The molecule has 0 fully saturated rings. The number of rotatable bonds is 9. The summed E-state index contributed by atoms with van der Waals surface area (Å²) in [5, 5.41) is 13.5. The molecule has 2 heterocycles. The van der Waals surface area contributed by atoms with Crippen molar-refractivity contribution in [2.45, 2.75) is 32.5 Å². The van der Waals surface area contributed by atoms with Crippen LogP contribution in [0.5, 0.6) is 11.5 Å². The van der Waals surface area contributed by atoms with Crippen LogP contribution in [0.4, 0.5) is 8.78 Å². The van der Waals surface area contributed by atoms with E-state index < -0.39 is 12.6 Å². The van der Waals surface area contributed by atoms with Crippen LogP contribution < -0.4 is 9.47 Å². The van der Waals surface area contributed by atoms with Crippen molar-refractivity contribution in [2.75, 3.05) is 0 Å². The number of hydrogen-bond acceptors (Lipinski definition) is 5. The van der Waals surface area contributed by atoms with Crippen molar-refractivity contribution in [3.05, 3.63) is 78.0 Å². The van der Waals surface area contributed by atoms with Gasteiger partial charge < -0.3 is 14.6 Å². The second-order valence-corrected chi connectivity index (χ2v) is 7.58. The van der Waals surface area contributed by atoms with Crippen LogP contribution >= 0.6 is 0 Å². The van der Waals surface area contributed by atoms with Gasteiger partial charge in [0.1, 0.15) is 18.1 Å². The maximum Gasteiger partial charge on any atom is 0.387 e. The summed E-state index contributed by atoms with van der Waals surface area (Å²) in [6.07, 6.45) is 1.74. The Bertz CT molecular complexity index is 1370. The number of halogens is 2. The van der Waals surface area contributed by atoms with Crippen LogP contribution in [0.1, 0.15) is 30.4 Å². The largest absolute Gasteiger partial charge is 0.489 e. The molecule has 4 aromatic rings. The molecular formula is C26H21F2N3O4. The second kappa shape index (κ2) is 10.7. The van der Waals surface area contributed by atoms with E-state index >= 15 is 0 Å². The number of nitrogens with zero attached hydrogens (tertiary/aromatic N) is 3. The van der Waals surface area contributed by atoms with Gasteiger partial charge in [0.2, 0.25) is 0 Å². The van der Waals surface area contributed by atoms with Crippen molar-refractivity contribution >= 4 is 11.6 Å². The van der Waals surface area contributed by atoms with Crippen LogP contribution in [0.15, 0.2) is 66.9 Å². The summed E-state index contributed by atoms with van der Waals surface area (Å²) in [4.78, 5) is 15.5.